The Balaban J connectivity index is 1.56. The largest absolute Gasteiger partial charge is 0.349 e. The number of carbonyl (C=O) groups is 1. The van der Waals surface area contributed by atoms with E-state index in [0.29, 0.717) is 18.8 Å². The summed E-state index contributed by atoms with van der Waals surface area (Å²) in [6, 6.07) is 3.58. The van der Waals surface area contributed by atoms with Gasteiger partial charge in [0.15, 0.2) is 0 Å². The van der Waals surface area contributed by atoms with Crippen molar-refractivity contribution in [3.8, 4) is 0 Å². The van der Waals surface area contributed by atoms with Crippen molar-refractivity contribution in [3.05, 3.63) is 44.8 Å². The zero-order chi connectivity index (χ0) is 17.6. The van der Waals surface area contributed by atoms with Crippen LogP contribution in [0.4, 0.5) is 0 Å². The first-order valence-corrected chi connectivity index (χ1v) is 9.53. The van der Waals surface area contributed by atoms with Gasteiger partial charge in [0.1, 0.15) is 5.69 Å². The fourth-order valence-corrected chi connectivity index (χ4v) is 3.68. The van der Waals surface area contributed by atoms with Gasteiger partial charge in [-0.1, -0.05) is 6.42 Å². The third-order valence-corrected chi connectivity index (χ3v) is 5.10. The van der Waals surface area contributed by atoms with Crippen LogP contribution in [0.2, 0.25) is 0 Å². The Morgan fingerprint density at radius 1 is 1.36 bits per heavy atom. The SMILES string of the molecule is Cc1ccc(=O)n(CCN2CCCCC2CNC(=O)c2cscn2)n1. The molecule has 1 atom stereocenters. The standard InChI is InChI=1S/C17H23N5O2S/c1-13-5-6-16(23)22(20-13)9-8-21-7-3-2-4-14(21)10-18-17(24)15-11-25-12-19-15/h5-6,11-12,14H,2-4,7-10H2,1H3,(H,18,24). The minimum atomic E-state index is -0.122. The zero-order valence-electron chi connectivity index (χ0n) is 14.4. The molecule has 0 aliphatic carbocycles. The Hall–Kier alpha value is -2.06. The van der Waals surface area contributed by atoms with Crippen molar-refractivity contribution >= 4 is 17.2 Å². The smallest absolute Gasteiger partial charge is 0.270 e. The summed E-state index contributed by atoms with van der Waals surface area (Å²) >= 11 is 1.42. The third-order valence-electron chi connectivity index (χ3n) is 4.51. The summed E-state index contributed by atoms with van der Waals surface area (Å²) in [5.74, 6) is -0.122. The molecule has 0 radical (unpaired) electrons. The highest BCUT2D eigenvalue weighted by molar-refractivity contribution is 7.07. The van der Waals surface area contributed by atoms with E-state index in [2.05, 4.69) is 20.3 Å². The molecule has 0 saturated carbocycles. The van der Waals surface area contributed by atoms with Crippen molar-refractivity contribution in [2.45, 2.75) is 38.8 Å². The van der Waals surface area contributed by atoms with Crippen LogP contribution >= 0.6 is 11.3 Å². The van der Waals surface area contributed by atoms with Gasteiger partial charge in [-0.25, -0.2) is 9.67 Å². The van der Waals surface area contributed by atoms with Crippen LogP contribution < -0.4 is 10.9 Å². The second-order valence-electron chi connectivity index (χ2n) is 6.31. The molecule has 2 aromatic heterocycles. The van der Waals surface area contributed by atoms with E-state index in [1.54, 1.807) is 23.0 Å². The fraction of sp³-hybridized carbons (Fsp3) is 0.529. The van der Waals surface area contributed by atoms with E-state index in [1.165, 1.54) is 16.0 Å². The number of piperidine rings is 1. The van der Waals surface area contributed by atoms with Crippen molar-refractivity contribution in [2.75, 3.05) is 19.6 Å². The Bertz CT molecular complexity index is 759. The molecule has 3 rings (SSSR count). The summed E-state index contributed by atoms with van der Waals surface area (Å²) in [6.45, 7) is 4.79. The van der Waals surface area contributed by atoms with Crippen LogP contribution in [-0.2, 0) is 6.54 Å². The van der Waals surface area contributed by atoms with Gasteiger partial charge in [-0.2, -0.15) is 5.10 Å². The van der Waals surface area contributed by atoms with Gasteiger partial charge in [-0.05, 0) is 32.4 Å². The van der Waals surface area contributed by atoms with Crippen molar-refractivity contribution in [2.24, 2.45) is 0 Å². The normalized spacial score (nSPS) is 18.2. The number of thiazole rings is 1. The Labute approximate surface area is 150 Å². The van der Waals surface area contributed by atoms with Gasteiger partial charge in [0.05, 0.1) is 17.7 Å². The van der Waals surface area contributed by atoms with E-state index in [0.717, 1.165) is 38.0 Å². The van der Waals surface area contributed by atoms with Crippen LogP contribution in [0, 0.1) is 6.92 Å². The average Bonchev–Trinajstić information content (AvgIpc) is 3.16. The topological polar surface area (TPSA) is 80.1 Å². The fourth-order valence-electron chi connectivity index (χ4n) is 3.15. The maximum absolute atomic E-state index is 12.1. The number of nitrogens with zero attached hydrogens (tertiary/aromatic N) is 4. The molecule has 1 fully saturated rings. The quantitative estimate of drug-likeness (QED) is 0.839. The lowest BCUT2D eigenvalue weighted by molar-refractivity contribution is 0.0905. The van der Waals surface area contributed by atoms with Gasteiger partial charge in [0, 0.05) is 30.6 Å². The number of hydrogen-bond donors (Lipinski definition) is 1. The molecule has 25 heavy (non-hydrogen) atoms. The van der Waals surface area contributed by atoms with Crippen molar-refractivity contribution in [3.63, 3.8) is 0 Å². The van der Waals surface area contributed by atoms with Crippen LogP contribution in [0.15, 0.2) is 27.8 Å². The molecule has 0 aromatic carbocycles. The number of likely N-dealkylation sites (tertiary alicyclic amines) is 1. The third kappa shape index (κ3) is 4.73. The molecular weight excluding hydrogens is 338 g/mol. The van der Waals surface area contributed by atoms with Gasteiger partial charge >= 0.3 is 0 Å². The predicted octanol–water partition coefficient (Wildman–Crippen LogP) is 1.29. The van der Waals surface area contributed by atoms with E-state index >= 15 is 0 Å². The number of nitrogens with one attached hydrogen (secondary N) is 1. The van der Waals surface area contributed by atoms with Crippen LogP contribution in [0.3, 0.4) is 0 Å². The number of carbonyl (C=O) groups excluding carboxylic acids is 1. The first kappa shape index (κ1) is 17.8. The van der Waals surface area contributed by atoms with Crippen LogP contribution in [-0.4, -0.2) is 51.2 Å². The molecule has 1 amide bonds. The monoisotopic (exact) mass is 361 g/mol. The lowest BCUT2D eigenvalue weighted by atomic mass is 10.0. The van der Waals surface area contributed by atoms with E-state index in [-0.39, 0.29) is 17.5 Å². The van der Waals surface area contributed by atoms with E-state index in [4.69, 9.17) is 0 Å². The first-order valence-electron chi connectivity index (χ1n) is 8.58. The maximum Gasteiger partial charge on any atom is 0.270 e. The molecule has 8 heteroatoms. The number of aromatic nitrogens is 3. The van der Waals surface area contributed by atoms with E-state index < -0.39 is 0 Å². The second kappa shape index (κ2) is 8.35. The minimum Gasteiger partial charge on any atom is -0.349 e. The number of aryl methyl sites for hydroxylation is 1. The summed E-state index contributed by atoms with van der Waals surface area (Å²) < 4.78 is 1.52. The maximum atomic E-state index is 12.1. The minimum absolute atomic E-state index is 0.0732. The average molecular weight is 361 g/mol. The second-order valence-corrected chi connectivity index (χ2v) is 7.02. The molecule has 1 unspecified atom stereocenters. The van der Waals surface area contributed by atoms with Crippen molar-refractivity contribution < 1.29 is 4.79 Å². The number of rotatable bonds is 6. The van der Waals surface area contributed by atoms with Crippen molar-refractivity contribution in [1.29, 1.82) is 0 Å². The summed E-state index contributed by atoms with van der Waals surface area (Å²) in [5, 5.41) is 9.03. The lowest BCUT2D eigenvalue weighted by Gasteiger charge is -2.35. The zero-order valence-corrected chi connectivity index (χ0v) is 15.2. The Morgan fingerprint density at radius 2 is 2.24 bits per heavy atom. The number of amides is 1. The molecule has 3 heterocycles. The van der Waals surface area contributed by atoms with Gasteiger partial charge in [-0.15, -0.1) is 11.3 Å². The molecule has 1 N–H and O–H groups in total. The summed E-state index contributed by atoms with van der Waals surface area (Å²) in [7, 11) is 0. The predicted molar refractivity (Wildman–Crippen MR) is 96.9 cm³/mol. The Kier molecular flexibility index (Phi) is 5.93. The molecule has 1 aliphatic rings. The van der Waals surface area contributed by atoms with Crippen LogP contribution in [0.5, 0.6) is 0 Å². The van der Waals surface area contributed by atoms with E-state index in [1.807, 2.05) is 6.92 Å². The Morgan fingerprint density at radius 3 is 3.04 bits per heavy atom. The molecule has 0 bridgehead atoms. The van der Waals surface area contributed by atoms with Gasteiger partial charge in [0.25, 0.3) is 11.5 Å². The summed E-state index contributed by atoms with van der Waals surface area (Å²) in [5.41, 5.74) is 2.90. The first-order chi connectivity index (χ1) is 12.1. The van der Waals surface area contributed by atoms with Gasteiger partial charge in [-0.3, -0.25) is 14.5 Å². The van der Waals surface area contributed by atoms with Crippen LogP contribution in [0.25, 0.3) is 0 Å². The molecule has 2 aromatic rings. The summed E-state index contributed by atoms with van der Waals surface area (Å²) in [4.78, 5) is 30.4. The molecule has 1 aliphatic heterocycles. The highest BCUT2D eigenvalue weighted by Crippen LogP contribution is 2.16. The molecule has 7 nitrogen and oxygen atoms in total. The van der Waals surface area contributed by atoms with E-state index in [9.17, 15) is 9.59 Å². The van der Waals surface area contributed by atoms with Gasteiger partial charge < -0.3 is 5.32 Å². The molecular formula is C17H23N5O2S. The highest BCUT2D eigenvalue weighted by atomic mass is 32.1. The molecule has 1 saturated heterocycles. The molecule has 0 spiro atoms. The van der Waals surface area contributed by atoms with Crippen molar-refractivity contribution in [1.82, 2.24) is 25.0 Å². The van der Waals surface area contributed by atoms with Crippen LogP contribution in [0.1, 0.15) is 35.4 Å². The number of hydrogen-bond acceptors (Lipinski definition) is 6. The molecule has 134 valence electrons. The highest BCUT2D eigenvalue weighted by Gasteiger charge is 2.23. The van der Waals surface area contributed by atoms with Gasteiger partial charge in [0.2, 0.25) is 0 Å². The lowest BCUT2D eigenvalue weighted by Crippen LogP contribution is -2.48. The summed E-state index contributed by atoms with van der Waals surface area (Å²) in [6.07, 6.45) is 3.36.